The summed E-state index contributed by atoms with van der Waals surface area (Å²) in [6.45, 7) is 6.39. The maximum absolute atomic E-state index is 11.6. The van der Waals surface area contributed by atoms with Crippen molar-refractivity contribution in [3.63, 3.8) is 0 Å². The fourth-order valence-corrected chi connectivity index (χ4v) is 2.57. The number of nitrogens with one attached hydrogen (secondary N) is 1. The highest BCUT2D eigenvalue weighted by molar-refractivity contribution is 9.10. The number of carbonyl (C=O) groups excluding carboxylic acids is 1. The average molecular weight is 276 g/mol. The summed E-state index contributed by atoms with van der Waals surface area (Å²) in [4.78, 5) is 11.5. The van der Waals surface area contributed by atoms with Crippen molar-refractivity contribution in [2.24, 2.45) is 11.8 Å². The molecule has 0 radical (unpaired) electrons. The lowest BCUT2D eigenvalue weighted by Crippen LogP contribution is -2.45. The van der Waals surface area contributed by atoms with E-state index in [-0.39, 0.29) is 10.7 Å². The van der Waals surface area contributed by atoms with Crippen molar-refractivity contribution in [2.75, 3.05) is 0 Å². The van der Waals surface area contributed by atoms with Crippen molar-refractivity contribution in [2.45, 2.75) is 57.3 Å². The number of amides is 1. The molecule has 1 saturated carbocycles. The molecule has 3 atom stereocenters. The molecule has 2 nitrogen and oxygen atoms in total. The third kappa shape index (κ3) is 3.78. The Morgan fingerprint density at radius 3 is 2.40 bits per heavy atom. The average Bonchev–Trinajstić information content (AvgIpc) is 2.18. The highest BCUT2D eigenvalue weighted by Crippen LogP contribution is 2.30. The van der Waals surface area contributed by atoms with Gasteiger partial charge >= 0.3 is 0 Å². The van der Waals surface area contributed by atoms with Gasteiger partial charge in [0.15, 0.2) is 0 Å². The molecule has 1 N–H and O–H groups in total. The summed E-state index contributed by atoms with van der Waals surface area (Å²) in [5, 5.41) is 3.16. The third-order valence-corrected chi connectivity index (χ3v) is 3.78. The van der Waals surface area contributed by atoms with Crippen molar-refractivity contribution < 1.29 is 4.79 Å². The van der Waals surface area contributed by atoms with Gasteiger partial charge in [-0.3, -0.25) is 4.79 Å². The van der Waals surface area contributed by atoms with E-state index in [1.54, 1.807) is 0 Å². The van der Waals surface area contributed by atoms with Crippen molar-refractivity contribution >= 4 is 21.8 Å². The zero-order chi connectivity index (χ0) is 11.4. The van der Waals surface area contributed by atoms with Crippen molar-refractivity contribution in [1.29, 1.82) is 0 Å². The molecule has 88 valence electrons. The standard InChI is InChI=1S/C12H22BrNO/c1-8(2)10-6-4-5-7-11(10)14-12(15)9(3)13/h8-11H,4-7H2,1-3H3,(H,14,15). The Hall–Kier alpha value is -0.0500. The second kappa shape index (κ2) is 5.88. The lowest BCUT2D eigenvalue weighted by Gasteiger charge is -2.35. The first-order chi connectivity index (χ1) is 7.02. The van der Waals surface area contributed by atoms with Crippen LogP contribution in [0.4, 0.5) is 0 Å². The van der Waals surface area contributed by atoms with Gasteiger partial charge in [-0.25, -0.2) is 0 Å². The predicted molar refractivity (Wildman–Crippen MR) is 67.1 cm³/mol. The Morgan fingerprint density at radius 1 is 1.27 bits per heavy atom. The van der Waals surface area contributed by atoms with Crippen molar-refractivity contribution in [3.8, 4) is 0 Å². The lowest BCUT2D eigenvalue weighted by atomic mass is 9.78. The van der Waals surface area contributed by atoms with Crippen LogP contribution in [0.2, 0.25) is 0 Å². The molecule has 0 saturated heterocycles. The Balaban J connectivity index is 2.53. The van der Waals surface area contributed by atoms with E-state index in [1.807, 2.05) is 6.92 Å². The highest BCUT2D eigenvalue weighted by atomic mass is 79.9. The van der Waals surface area contributed by atoms with Crippen LogP contribution < -0.4 is 5.32 Å². The first-order valence-corrected chi connectivity index (χ1v) is 6.88. The number of hydrogen-bond donors (Lipinski definition) is 1. The van der Waals surface area contributed by atoms with Crippen LogP contribution >= 0.6 is 15.9 Å². The fourth-order valence-electron chi connectivity index (χ4n) is 2.43. The largest absolute Gasteiger partial charge is 0.352 e. The molecule has 0 aromatic heterocycles. The maximum Gasteiger partial charge on any atom is 0.233 e. The summed E-state index contributed by atoms with van der Waals surface area (Å²) >= 11 is 3.31. The number of rotatable bonds is 3. The van der Waals surface area contributed by atoms with E-state index in [0.29, 0.717) is 17.9 Å². The minimum absolute atomic E-state index is 0.0766. The van der Waals surface area contributed by atoms with Gasteiger partial charge in [-0.1, -0.05) is 42.6 Å². The maximum atomic E-state index is 11.6. The van der Waals surface area contributed by atoms with Crippen LogP contribution in [0.1, 0.15) is 46.5 Å². The summed E-state index contributed by atoms with van der Waals surface area (Å²) in [7, 11) is 0. The van der Waals surface area contributed by atoms with Crippen LogP contribution in [0.25, 0.3) is 0 Å². The molecule has 3 unspecified atom stereocenters. The molecule has 15 heavy (non-hydrogen) atoms. The van der Waals surface area contributed by atoms with E-state index >= 15 is 0 Å². The molecule has 3 heteroatoms. The Bertz CT molecular complexity index is 216. The van der Waals surface area contributed by atoms with Gasteiger partial charge in [0.25, 0.3) is 0 Å². The van der Waals surface area contributed by atoms with E-state index in [2.05, 4.69) is 35.1 Å². The summed E-state index contributed by atoms with van der Waals surface area (Å²) in [5.41, 5.74) is 0. The minimum atomic E-state index is -0.0766. The molecule has 1 aliphatic carbocycles. The van der Waals surface area contributed by atoms with E-state index < -0.39 is 0 Å². The number of alkyl halides is 1. The van der Waals surface area contributed by atoms with E-state index in [0.717, 1.165) is 6.42 Å². The topological polar surface area (TPSA) is 29.1 Å². The summed E-state index contributed by atoms with van der Waals surface area (Å²) in [6, 6.07) is 0.395. The second-order valence-corrected chi connectivity index (χ2v) is 6.30. The smallest absolute Gasteiger partial charge is 0.233 e. The number of carbonyl (C=O) groups is 1. The van der Waals surface area contributed by atoms with Crippen molar-refractivity contribution in [1.82, 2.24) is 5.32 Å². The minimum Gasteiger partial charge on any atom is -0.352 e. The van der Waals surface area contributed by atoms with Crippen molar-refractivity contribution in [3.05, 3.63) is 0 Å². The lowest BCUT2D eigenvalue weighted by molar-refractivity contribution is -0.121. The second-order valence-electron chi connectivity index (χ2n) is 4.92. The van der Waals surface area contributed by atoms with Gasteiger partial charge < -0.3 is 5.32 Å². The third-order valence-electron chi connectivity index (χ3n) is 3.36. The first kappa shape index (κ1) is 13.0. The monoisotopic (exact) mass is 275 g/mol. The molecule has 0 aliphatic heterocycles. The van der Waals surface area contributed by atoms with Gasteiger partial charge in [-0.2, -0.15) is 0 Å². The summed E-state index contributed by atoms with van der Waals surface area (Å²) in [6.07, 6.45) is 4.98. The summed E-state index contributed by atoms with van der Waals surface area (Å²) in [5.74, 6) is 1.46. The molecule has 1 aliphatic rings. The van der Waals surface area contributed by atoms with Crippen LogP contribution in [0.3, 0.4) is 0 Å². The van der Waals surface area contributed by atoms with Crippen LogP contribution in [-0.4, -0.2) is 16.8 Å². The van der Waals surface area contributed by atoms with Gasteiger partial charge in [0.05, 0.1) is 4.83 Å². The summed E-state index contributed by atoms with van der Waals surface area (Å²) < 4.78 is 0. The molecular formula is C12H22BrNO. The molecule has 0 bridgehead atoms. The van der Waals surface area contributed by atoms with Crippen LogP contribution in [-0.2, 0) is 4.79 Å². The molecule has 0 aromatic rings. The van der Waals surface area contributed by atoms with E-state index in [1.165, 1.54) is 19.3 Å². The quantitative estimate of drug-likeness (QED) is 0.788. The highest BCUT2D eigenvalue weighted by Gasteiger charge is 2.29. The van der Waals surface area contributed by atoms with Gasteiger partial charge in [-0.05, 0) is 31.6 Å². The van der Waals surface area contributed by atoms with Gasteiger partial charge in [0, 0.05) is 6.04 Å². The number of hydrogen-bond acceptors (Lipinski definition) is 1. The van der Waals surface area contributed by atoms with Gasteiger partial charge in [0.1, 0.15) is 0 Å². The Morgan fingerprint density at radius 2 is 1.87 bits per heavy atom. The van der Waals surface area contributed by atoms with Gasteiger partial charge in [0.2, 0.25) is 5.91 Å². The molecule has 1 rings (SSSR count). The Labute approximate surface area is 101 Å². The van der Waals surface area contributed by atoms with E-state index in [9.17, 15) is 4.79 Å². The van der Waals surface area contributed by atoms with Crippen LogP contribution in [0.15, 0.2) is 0 Å². The molecule has 0 aromatic carbocycles. The Kier molecular flexibility index (Phi) is 5.10. The predicted octanol–water partition coefficient (Wildman–Crippen LogP) is 3.10. The molecule has 0 heterocycles. The van der Waals surface area contributed by atoms with E-state index in [4.69, 9.17) is 0 Å². The molecular weight excluding hydrogens is 254 g/mol. The zero-order valence-corrected chi connectivity index (χ0v) is 11.5. The first-order valence-electron chi connectivity index (χ1n) is 5.96. The normalized spacial score (nSPS) is 28.9. The molecule has 1 fully saturated rings. The fraction of sp³-hybridized carbons (Fsp3) is 0.917. The van der Waals surface area contributed by atoms with Crippen LogP contribution in [0, 0.1) is 11.8 Å². The molecule has 0 spiro atoms. The van der Waals surface area contributed by atoms with Crippen LogP contribution in [0.5, 0.6) is 0 Å². The SMILES string of the molecule is CC(Br)C(=O)NC1CCCCC1C(C)C. The van der Waals surface area contributed by atoms with Gasteiger partial charge in [-0.15, -0.1) is 0 Å². The molecule has 1 amide bonds. The zero-order valence-electron chi connectivity index (χ0n) is 9.92. The number of halogens is 1.